The van der Waals surface area contributed by atoms with Crippen LogP contribution >= 0.6 is 0 Å². The summed E-state index contributed by atoms with van der Waals surface area (Å²) in [6.07, 6.45) is 5.30. The van der Waals surface area contributed by atoms with Crippen LogP contribution in [-0.4, -0.2) is 5.54 Å². The normalized spacial score (nSPS) is 13.3. The molecule has 0 radical (unpaired) electrons. The third-order valence-corrected chi connectivity index (χ3v) is 3.37. The average Bonchev–Trinajstić information content (AvgIpc) is 2.23. The molecule has 0 aliphatic rings. The van der Waals surface area contributed by atoms with E-state index in [0.29, 0.717) is 0 Å². The second-order valence-corrected chi connectivity index (χ2v) is 7.12. The van der Waals surface area contributed by atoms with Crippen LogP contribution in [0.5, 0.6) is 0 Å². The van der Waals surface area contributed by atoms with E-state index in [1.807, 2.05) is 13.8 Å². The van der Waals surface area contributed by atoms with Crippen molar-refractivity contribution in [1.29, 1.82) is 0 Å². The minimum atomic E-state index is -0.262. The third-order valence-electron chi connectivity index (χ3n) is 3.37. The lowest BCUT2D eigenvalue weighted by Crippen LogP contribution is -2.28. The Bertz CT molecular complexity index is 468. The molecule has 0 atom stereocenters. The van der Waals surface area contributed by atoms with Gasteiger partial charge in [0.1, 0.15) is 0 Å². The quantitative estimate of drug-likeness (QED) is 0.843. The SMILES string of the molecule is CCc1cc(C(C)(C)C)c(C)cc1/C=C/C(C)(C)N. The number of hydrogen-bond donors (Lipinski definition) is 1. The van der Waals surface area contributed by atoms with Gasteiger partial charge in [0.15, 0.2) is 0 Å². The van der Waals surface area contributed by atoms with Crippen molar-refractivity contribution in [3.63, 3.8) is 0 Å². The second kappa shape index (κ2) is 5.50. The lowest BCUT2D eigenvalue weighted by atomic mass is 9.81. The van der Waals surface area contributed by atoms with Gasteiger partial charge >= 0.3 is 0 Å². The fourth-order valence-electron chi connectivity index (χ4n) is 2.35. The molecule has 0 bridgehead atoms. The zero-order valence-corrected chi connectivity index (χ0v) is 13.6. The van der Waals surface area contributed by atoms with Crippen LogP contribution in [0.2, 0.25) is 0 Å². The molecule has 0 heterocycles. The van der Waals surface area contributed by atoms with Crippen molar-refractivity contribution in [2.75, 3.05) is 0 Å². The highest BCUT2D eigenvalue weighted by atomic mass is 14.7. The predicted molar refractivity (Wildman–Crippen MR) is 86.6 cm³/mol. The molecule has 19 heavy (non-hydrogen) atoms. The van der Waals surface area contributed by atoms with Crippen LogP contribution in [0.4, 0.5) is 0 Å². The highest BCUT2D eigenvalue weighted by Crippen LogP contribution is 2.29. The van der Waals surface area contributed by atoms with Crippen LogP contribution in [0.3, 0.4) is 0 Å². The first-order valence-corrected chi connectivity index (χ1v) is 7.16. The molecule has 0 spiro atoms. The fourth-order valence-corrected chi connectivity index (χ4v) is 2.35. The van der Waals surface area contributed by atoms with E-state index in [2.05, 4.69) is 58.9 Å². The van der Waals surface area contributed by atoms with E-state index < -0.39 is 0 Å². The van der Waals surface area contributed by atoms with Crippen LogP contribution < -0.4 is 5.73 Å². The standard InChI is InChI=1S/C18H29N/c1-8-14-12-16(17(3,4)5)13(2)11-15(14)9-10-18(6,7)19/h9-12H,8,19H2,1-7H3/b10-9+. The van der Waals surface area contributed by atoms with E-state index in [4.69, 9.17) is 5.73 Å². The number of benzene rings is 1. The van der Waals surface area contributed by atoms with Crippen molar-refractivity contribution < 1.29 is 0 Å². The molecule has 0 amide bonds. The maximum Gasteiger partial charge on any atom is 0.0284 e. The van der Waals surface area contributed by atoms with E-state index in [1.54, 1.807) is 0 Å². The van der Waals surface area contributed by atoms with Gasteiger partial charge in [-0.05, 0) is 54.9 Å². The molecule has 2 N–H and O–H groups in total. The van der Waals surface area contributed by atoms with Crippen LogP contribution in [0, 0.1) is 6.92 Å². The van der Waals surface area contributed by atoms with E-state index in [9.17, 15) is 0 Å². The summed E-state index contributed by atoms with van der Waals surface area (Å²) in [5, 5.41) is 0. The molecule has 0 aromatic heterocycles. The monoisotopic (exact) mass is 259 g/mol. The van der Waals surface area contributed by atoms with Crippen molar-refractivity contribution in [3.05, 3.63) is 40.5 Å². The predicted octanol–water partition coefficient (Wildman–Crippen LogP) is 4.61. The zero-order valence-electron chi connectivity index (χ0n) is 13.6. The number of aryl methyl sites for hydroxylation is 2. The number of nitrogens with two attached hydrogens (primary N) is 1. The van der Waals surface area contributed by atoms with Crippen LogP contribution in [0.25, 0.3) is 6.08 Å². The summed E-state index contributed by atoms with van der Waals surface area (Å²) >= 11 is 0. The van der Waals surface area contributed by atoms with E-state index >= 15 is 0 Å². The van der Waals surface area contributed by atoms with Gasteiger partial charge in [-0.2, -0.15) is 0 Å². The Labute approximate surface area is 118 Å². The summed E-state index contributed by atoms with van der Waals surface area (Å²) in [4.78, 5) is 0. The van der Waals surface area contributed by atoms with Crippen LogP contribution in [-0.2, 0) is 11.8 Å². The van der Waals surface area contributed by atoms with Crippen LogP contribution in [0.15, 0.2) is 18.2 Å². The van der Waals surface area contributed by atoms with Gasteiger partial charge in [-0.15, -0.1) is 0 Å². The van der Waals surface area contributed by atoms with Gasteiger partial charge in [0.2, 0.25) is 0 Å². The van der Waals surface area contributed by atoms with Crippen LogP contribution in [0.1, 0.15) is 63.8 Å². The van der Waals surface area contributed by atoms with Gasteiger partial charge in [0.05, 0.1) is 0 Å². The Hall–Kier alpha value is -1.08. The van der Waals surface area contributed by atoms with Gasteiger partial charge in [-0.3, -0.25) is 0 Å². The molecule has 1 nitrogen and oxygen atoms in total. The first-order chi connectivity index (χ1) is 8.54. The second-order valence-electron chi connectivity index (χ2n) is 7.12. The summed E-state index contributed by atoms with van der Waals surface area (Å²) in [6, 6.07) is 4.65. The first kappa shape index (κ1) is 16.0. The molecular formula is C18H29N. The molecule has 0 saturated heterocycles. The van der Waals surface area contributed by atoms with Crippen molar-refractivity contribution in [2.45, 2.75) is 65.8 Å². The Morgan fingerprint density at radius 2 is 1.68 bits per heavy atom. The molecule has 1 rings (SSSR count). The minimum absolute atomic E-state index is 0.198. The number of hydrogen-bond acceptors (Lipinski definition) is 1. The Morgan fingerprint density at radius 1 is 1.11 bits per heavy atom. The van der Waals surface area contributed by atoms with Crippen molar-refractivity contribution in [3.8, 4) is 0 Å². The molecule has 106 valence electrons. The van der Waals surface area contributed by atoms with Gasteiger partial charge in [-0.25, -0.2) is 0 Å². The van der Waals surface area contributed by atoms with E-state index in [0.717, 1.165) is 6.42 Å². The summed E-state index contributed by atoms with van der Waals surface area (Å²) in [6.45, 7) is 15.3. The molecule has 0 unspecified atom stereocenters. The van der Waals surface area contributed by atoms with Gasteiger partial charge < -0.3 is 5.73 Å². The lowest BCUT2D eigenvalue weighted by molar-refractivity contribution is 0.585. The smallest absolute Gasteiger partial charge is 0.0284 e. The van der Waals surface area contributed by atoms with E-state index in [-0.39, 0.29) is 11.0 Å². The topological polar surface area (TPSA) is 26.0 Å². The molecule has 0 saturated carbocycles. The van der Waals surface area contributed by atoms with Gasteiger partial charge in [0, 0.05) is 5.54 Å². The Balaban J connectivity index is 3.29. The van der Waals surface area contributed by atoms with E-state index in [1.165, 1.54) is 22.3 Å². The first-order valence-electron chi connectivity index (χ1n) is 7.16. The Morgan fingerprint density at radius 3 is 2.11 bits per heavy atom. The molecule has 0 fully saturated rings. The third kappa shape index (κ3) is 4.50. The summed E-state index contributed by atoms with van der Waals surface area (Å²) in [5.74, 6) is 0. The van der Waals surface area contributed by atoms with Crippen molar-refractivity contribution >= 4 is 6.08 Å². The lowest BCUT2D eigenvalue weighted by Gasteiger charge is -2.24. The largest absolute Gasteiger partial charge is 0.322 e. The zero-order chi connectivity index (χ0) is 14.8. The maximum absolute atomic E-state index is 6.03. The maximum atomic E-state index is 6.03. The summed E-state index contributed by atoms with van der Waals surface area (Å²) in [5.41, 5.74) is 11.5. The molecule has 0 aliphatic heterocycles. The van der Waals surface area contributed by atoms with Gasteiger partial charge in [-0.1, -0.05) is 52.0 Å². The molecule has 1 heteroatoms. The highest BCUT2D eigenvalue weighted by Gasteiger charge is 2.17. The fraction of sp³-hybridized carbons (Fsp3) is 0.556. The van der Waals surface area contributed by atoms with Crippen molar-refractivity contribution in [1.82, 2.24) is 0 Å². The number of rotatable bonds is 3. The Kier molecular flexibility index (Phi) is 4.63. The highest BCUT2D eigenvalue weighted by molar-refractivity contribution is 5.58. The molecule has 1 aromatic rings. The molecule has 1 aromatic carbocycles. The molecular weight excluding hydrogens is 230 g/mol. The minimum Gasteiger partial charge on any atom is -0.322 e. The summed E-state index contributed by atoms with van der Waals surface area (Å²) in [7, 11) is 0. The summed E-state index contributed by atoms with van der Waals surface area (Å²) < 4.78 is 0. The average molecular weight is 259 g/mol. The van der Waals surface area contributed by atoms with Crippen molar-refractivity contribution in [2.24, 2.45) is 5.73 Å². The molecule has 0 aliphatic carbocycles. The van der Waals surface area contributed by atoms with Gasteiger partial charge in [0.25, 0.3) is 0 Å².